The van der Waals surface area contributed by atoms with Crippen LogP contribution in [0.2, 0.25) is 0 Å². The fraction of sp³-hybridized carbons (Fsp3) is 0.545. The lowest BCUT2D eigenvalue weighted by Crippen LogP contribution is -2.40. The first-order valence-electron chi connectivity index (χ1n) is 10.5. The summed E-state index contributed by atoms with van der Waals surface area (Å²) in [6.45, 7) is 10.9. The van der Waals surface area contributed by atoms with Crippen LogP contribution in [-0.4, -0.2) is 37.3 Å². The van der Waals surface area contributed by atoms with Gasteiger partial charge in [0.2, 0.25) is 0 Å². The Morgan fingerprint density at radius 2 is 2.00 bits per heavy atom. The van der Waals surface area contributed by atoms with Gasteiger partial charge in [-0.3, -0.25) is 0 Å². The molecule has 2 N–H and O–H groups in total. The number of aryl methyl sites for hydroxylation is 2. The summed E-state index contributed by atoms with van der Waals surface area (Å²) in [5, 5.41) is 11.1. The predicted molar refractivity (Wildman–Crippen MR) is 115 cm³/mol. The number of nitrogens with zero attached hydrogens (tertiary/aromatic N) is 3. The second-order valence-electron chi connectivity index (χ2n) is 7.25. The van der Waals surface area contributed by atoms with Crippen molar-refractivity contribution in [2.45, 2.75) is 46.6 Å². The van der Waals surface area contributed by atoms with Gasteiger partial charge < -0.3 is 20.1 Å². The molecule has 0 amide bonds. The van der Waals surface area contributed by atoms with E-state index in [0.717, 1.165) is 62.0 Å². The molecule has 28 heavy (non-hydrogen) atoms. The zero-order valence-electron chi connectivity index (χ0n) is 17.4. The van der Waals surface area contributed by atoms with Crippen molar-refractivity contribution in [1.82, 2.24) is 15.8 Å². The summed E-state index contributed by atoms with van der Waals surface area (Å²) in [6, 6.07) is 10.7. The third kappa shape index (κ3) is 5.06. The maximum absolute atomic E-state index is 5.46. The Morgan fingerprint density at radius 3 is 2.71 bits per heavy atom. The van der Waals surface area contributed by atoms with Gasteiger partial charge in [-0.25, -0.2) is 4.99 Å². The number of hydrogen-bond donors (Lipinski definition) is 2. The molecule has 0 saturated carbocycles. The second kappa shape index (κ2) is 10.2. The van der Waals surface area contributed by atoms with Gasteiger partial charge >= 0.3 is 0 Å². The number of rotatable bonds is 8. The van der Waals surface area contributed by atoms with E-state index in [9.17, 15) is 0 Å². The molecule has 1 saturated heterocycles. The number of hydrogen-bond acceptors (Lipinski definition) is 4. The topological polar surface area (TPSA) is 65.7 Å². The highest BCUT2D eigenvalue weighted by Gasteiger charge is 2.22. The van der Waals surface area contributed by atoms with Crippen LogP contribution in [0.15, 0.2) is 39.8 Å². The molecule has 6 nitrogen and oxygen atoms in total. The van der Waals surface area contributed by atoms with Crippen LogP contribution < -0.4 is 15.5 Å². The van der Waals surface area contributed by atoms with Crippen molar-refractivity contribution in [2.75, 3.05) is 31.1 Å². The van der Waals surface area contributed by atoms with Crippen molar-refractivity contribution >= 4 is 11.6 Å². The fourth-order valence-electron chi connectivity index (χ4n) is 3.73. The number of aromatic nitrogens is 1. The van der Waals surface area contributed by atoms with E-state index in [4.69, 9.17) is 9.52 Å². The molecular formula is C22H33N5O. The molecular weight excluding hydrogens is 350 g/mol. The first-order valence-corrected chi connectivity index (χ1v) is 10.5. The lowest BCUT2D eigenvalue weighted by atomic mass is 10.1. The Hall–Kier alpha value is -2.50. The van der Waals surface area contributed by atoms with Crippen LogP contribution in [0.4, 0.5) is 5.69 Å². The molecule has 0 aliphatic carbocycles. The van der Waals surface area contributed by atoms with Crippen LogP contribution in [0.1, 0.15) is 44.2 Å². The van der Waals surface area contributed by atoms with Crippen LogP contribution in [0.3, 0.4) is 0 Å². The molecule has 1 aliphatic heterocycles. The smallest absolute Gasteiger partial charge is 0.191 e. The quantitative estimate of drug-likeness (QED) is 0.540. The number of nitrogens with one attached hydrogen (secondary N) is 2. The Balaban J connectivity index is 1.56. The number of benzene rings is 1. The summed E-state index contributed by atoms with van der Waals surface area (Å²) >= 11 is 0. The Morgan fingerprint density at radius 1 is 1.18 bits per heavy atom. The van der Waals surface area contributed by atoms with Crippen LogP contribution >= 0.6 is 0 Å². The van der Waals surface area contributed by atoms with E-state index in [1.807, 2.05) is 0 Å². The van der Waals surface area contributed by atoms with Crippen LogP contribution in [0.5, 0.6) is 0 Å². The third-order valence-corrected chi connectivity index (χ3v) is 5.31. The van der Waals surface area contributed by atoms with Gasteiger partial charge in [-0.15, -0.1) is 0 Å². The van der Waals surface area contributed by atoms with Crippen molar-refractivity contribution in [2.24, 2.45) is 10.9 Å². The average Bonchev–Trinajstić information content (AvgIpc) is 3.37. The molecule has 0 radical (unpaired) electrons. The molecule has 152 valence electrons. The highest BCUT2D eigenvalue weighted by molar-refractivity contribution is 5.79. The number of anilines is 1. The molecule has 1 unspecified atom stereocenters. The van der Waals surface area contributed by atoms with Crippen molar-refractivity contribution in [3.05, 3.63) is 47.3 Å². The Kier molecular flexibility index (Phi) is 7.34. The zero-order chi connectivity index (χ0) is 19.8. The number of para-hydroxylation sites is 1. The van der Waals surface area contributed by atoms with E-state index in [-0.39, 0.29) is 0 Å². The molecule has 1 aromatic heterocycles. The highest BCUT2D eigenvalue weighted by atomic mass is 16.5. The first-order chi connectivity index (χ1) is 13.7. The van der Waals surface area contributed by atoms with Crippen molar-refractivity contribution in [3.63, 3.8) is 0 Å². The van der Waals surface area contributed by atoms with Gasteiger partial charge in [-0.05, 0) is 37.8 Å². The van der Waals surface area contributed by atoms with E-state index in [1.165, 1.54) is 12.1 Å². The van der Waals surface area contributed by atoms with Crippen molar-refractivity contribution in [3.8, 4) is 0 Å². The molecule has 0 bridgehead atoms. The molecule has 2 aromatic rings. The lowest BCUT2D eigenvalue weighted by Gasteiger charge is -2.19. The standard InChI is InChI=1S/C22H33N5O/c1-4-20-19(21(5-2)28-26-20)15-25-22(23-6-3)24-14-17-12-13-27(16-17)18-10-8-7-9-11-18/h7-11,17H,4-6,12-16H2,1-3H3,(H2,23,24,25). The van der Waals surface area contributed by atoms with Crippen LogP contribution in [0, 0.1) is 5.92 Å². The highest BCUT2D eigenvalue weighted by Crippen LogP contribution is 2.23. The zero-order valence-corrected chi connectivity index (χ0v) is 17.4. The number of guanidine groups is 1. The van der Waals surface area contributed by atoms with Crippen molar-refractivity contribution in [1.29, 1.82) is 0 Å². The molecule has 1 aromatic carbocycles. The summed E-state index contributed by atoms with van der Waals surface area (Å²) < 4.78 is 5.46. The van der Waals surface area contributed by atoms with Gasteiger partial charge in [-0.2, -0.15) is 0 Å². The largest absolute Gasteiger partial charge is 0.371 e. The molecule has 1 aliphatic rings. The number of aliphatic imine (C=N–C) groups is 1. The minimum atomic E-state index is 0.603. The minimum Gasteiger partial charge on any atom is -0.371 e. The molecule has 6 heteroatoms. The maximum atomic E-state index is 5.46. The van der Waals surface area contributed by atoms with E-state index in [0.29, 0.717) is 12.5 Å². The Labute approximate surface area is 168 Å². The third-order valence-electron chi connectivity index (χ3n) is 5.31. The van der Waals surface area contributed by atoms with Gasteiger partial charge in [0, 0.05) is 43.9 Å². The van der Waals surface area contributed by atoms with Gasteiger partial charge in [0.25, 0.3) is 0 Å². The van der Waals surface area contributed by atoms with E-state index in [1.54, 1.807) is 0 Å². The monoisotopic (exact) mass is 383 g/mol. The summed E-state index contributed by atoms with van der Waals surface area (Å²) in [7, 11) is 0. The molecule has 3 rings (SSSR count). The van der Waals surface area contributed by atoms with Crippen LogP contribution in [-0.2, 0) is 19.4 Å². The molecule has 1 fully saturated rings. The van der Waals surface area contributed by atoms with Gasteiger partial charge in [-0.1, -0.05) is 37.2 Å². The molecule has 0 spiro atoms. The summed E-state index contributed by atoms with van der Waals surface area (Å²) in [6.07, 6.45) is 2.92. The van der Waals surface area contributed by atoms with Crippen LogP contribution in [0.25, 0.3) is 0 Å². The summed E-state index contributed by atoms with van der Waals surface area (Å²) in [4.78, 5) is 7.26. The average molecular weight is 384 g/mol. The first kappa shape index (κ1) is 20.2. The van der Waals surface area contributed by atoms with Gasteiger partial charge in [0.1, 0.15) is 5.76 Å². The van der Waals surface area contributed by atoms with E-state index < -0.39 is 0 Å². The SMILES string of the molecule is CCNC(=NCc1c(CC)noc1CC)NCC1CCN(c2ccccc2)C1. The van der Waals surface area contributed by atoms with E-state index >= 15 is 0 Å². The fourth-order valence-corrected chi connectivity index (χ4v) is 3.73. The van der Waals surface area contributed by atoms with Crippen molar-refractivity contribution < 1.29 is 4.52 Å². The lowest BCUT2D eigenvalue weighted by molar-refractivity contribution is 0.380. The van der Waals surface area contributed by atoms with Gasteiger partial charge in [0.15, 0.2) is 5.96 Å². The minimum absolute atomic E-state index is 0.603. The predicted octanol–water partition coefficient (Wildman–Crippen LogP) is 3.38. The summed E-state index contributed by atoms with van der Waals surface area (Å²) in [5.41, 5.74) is 3.47. The molecule has 1 atom stereocenters. The van der Waals surface area contributed by atoms with Gasteiger partial charge in [0.05, 0.1) is 12.2 Å². The maximum Gasteiger partial charge on any atom is 0.191 e. The summed E-state index contributed by atoms with van der Waals surface area (Å²) in [5.74, 6) is 2.44. The normalized spacial score (nSPS) is 17.2. The van der Waals surface area contributed by atoms with E-state index in [2.05, 4.69) is 71.8 Å². The second-order valence-corrected chi connectivity index (χ2v) is 7.25. The Bertz CT molecular complexity index is 734. The molecule has 2 heterocycles.